The van der Waals surface area contributed by atoms with E-state index in [-0.39, 0.29) is 0 Å². The number of carbonyl (C=O) groups excluding carboxylic acids is 1. The van der Waals surface area contributed by atoms with Crippen molar-refractivity contribution in [1.82, 2.24) is 0 Å². The molecule has 0 spiro atoms. The van der Waals surface area contributed by atoms with Gasteiger partial charge in [0.2, 0.25) is 0 Å². The fourth-order valence-electron chi connectivity index (χ4n) is 2.15. The molecule has 0 fully saturated rings. The van der Waals surface area contributed by atoms with E-state index in [4.69, 9.17) is 20.8 Å². The summed E-state index contributed by atoms with van der Waals surface area (Å²) in [6.45, 7) is 0. The maximum absolute atomic E-state index is 11.2. The van der Waals surface area contributed by atoms with Crippen molar-refractivity contribution in [2.75, 3.05) is 7.11 Å². The van der Waals surface area contributed by atoms with Gasteiger partial charge >= 0.3 is 0 Å². The van der Waals surface area contributed by atoms with Crippen LogP contribution in [0.1, 0.15) is 10.4 Å². The average molecular weight is 287 g/mol. The summed E-state index contributed by atoms with van der Waals surface area (Å²) in [5, 5.41) is 1.45. The van der Waals surface area contributed by atoms with Crippen LogP contribution < -0.4 is 4.74 Å². The highest BCUT2D eigenvalue weighted by atomic mass is 35.5. The van der Waals surface area contributed by atoms with Gasteiger partial charge in [0.05, 0.1) is 12.1 Å². The molecule has 2 aromatic carbocycles. The van der Waals surface area contributed by atoms with E-state index in [1.807, 2.05) is 18.2 Å². The lowest BCUT2D eigenvalue weighted by Gasteiger charge is -2.04. The summed E-state index contributed by atoms with van der Waals surface area (Å²) in [5.41, 5.74) is 1.85. The van der Waals surface area contributed by atoms with Crippen molar-refractivity contribution in [1.29, 1.82) is 0 Å². The van der Waals surface area contributed by atoms with Gasteiger partial charge in [0.15, 0.2) is 11.9 Å². The van der Waals surface area contributed by atoms with E-state index in [1.165, 1.54) is 0 Å². The number of hydrogen-bond acceptors (Lipinski definition) is 3. The number of halogens is 1. The second-order valence-electron chi connectivity index (χ2n) is 4.34. The van der Waals surface area contributed by atoms with E-state index >= 15 is 0 Å². The second-order valence-corrected chi connectivity index (χ2v) is 4.75. The van der Waals surface area contributed by atoms with Gasteiger partial charge in [-0.2, -0.15) is 0 Å². The zero-order valence-corrected chi connectivity index (χ0v) is 11.5. The Kier molecular flexibility index (Phi) is 3.20. The molecule has 0 aliphatic rings. The lowest BCUT2D eigenvalue weighted by Crippen LogP contribution is -1.89. The molecule has 0 aliphatic heterocycles. The summed E-state index contributed by atoms with van der Waals surface area (Å²) in [7, 11) is 1.56. The Labute approximate surface area is 120 Å². The van der Waals surface area contributed by atoms with Gasteiger partial charge in [-0.1, -0.05) is 23.7 Å². The second kappa shape index (κ2) is 5.02. The van der Waals surface area contributed by atoms with Crippen LogP contribution in [0.25, 0.3) is 22.3 Å². The minimum absolute atomic E-state index is 0.513. The minimum Gasteiger partial charge on any atom is -0.497 e. The predicted octanol–water partition coefficient (Wildman–Crippen LogP) is 4.57. The smallest absolute Gasteiger partial charge is 0.153 e. The van der Waals surface area contributed by atoms with Gasteiger partial charge in [0.25, 0.3) is 0 Å². The molecule has 3 aromatic rings. The molecule has 0 amide bonds. The molecule has 0 saturated carbocycles. The number of furan rings is 1. The number of rotatable bonds is 3. The normalized spacial score (nSPS) is 10.7. The first-order valence-electron chi connectivity index (χ1n) is 6.04. The van der Waals surface area contributed by atoms with Gasteiger partial charge in [0, 0.05) is 16.5 Å². The molecular formula is C16H11ClO3. The van der Waals surface area contributed by atoms with Gasteiger partial charge in [-0.15, -0.1) is 0 Å². The molecule has 0 radical (unpaired) electrons. The van der Waals surface area contributed by atoms with E-state index < -0.39 is 0 Å². The molecule has 0 bridgehead atoms. The lowest BCUT2D eigenvalue weighted by molar-refractivity contribution is 0.112. The minimum atomic E-state index is 0.513. The lowest BCUT2D eigenvalue weighted by atomic mass is 10.1. The number of benzene rings is 2. The van der Waals surface area contributed by atoms with Gasteiger partial charge < -0.3 is 9.15 Å². The molecule has 1 aromatic heterocycles. The standard InChI is InChI=1S/C16H11ClO3/c1-19-12-5-6-13(11(7-12)9-18)15-8-10-3-2-4-14(17)16(10)20-15/h2-9H,1H3. The van der Waals surface area contributed by atoms with Crippen LogP contribution in [-0.2, 0) is 0 Å². The monoisotopic (exact) mass is 286 g/mol. The Balaban J connectivity index is 2.20. The fraction of sp³-hybridized carbons (Fsp3) is 0.0625. The van der Waals surface area contributed by atoms with E-state index in [2.05, 4.69) is 0 Å². The number of methoxy groups -OCH3 is 1. The molecule has 0 N–H and O–H groups in total. The van der Waals surface area contributed by atoms with Crippen LogP contribution in [-0.4, -0.2) is 13.4 Å². The van der Waals surface area contributed by atoms with Gasteiger partial charge in [-0.05, 0) is 30.3 Å². The molecule has 100 valence electrons. The first kappa shape index (κ1) is 12.8. The number of aldehydes is 1. The van der Waals surface area contributed by atoms with Crippen molar-refractivity contribution >= 4 is 28.9 Å². The summed E-state index contributed by atoms with van der Waals surface area (Å²) >= 11 is 6.10. The fourth-order valence-corrected chi connectivity index (χ4v) is 2.37. The molecule has 0 saturated heterocycles. The van der Waals surface area contributed by atoms with Crippen LogP contribution in [0.4, 0.5) is 0 Å². The van der Waals surface area contributed by atoms with E-state index in [1.54, 1.807) is 31.4 Å². The van der Waals surface area contributed by atoms with Crippen LogP contribution in [0.15, 0.2) is 46.9 Å². The molecule has 0 atom stereocenters. The SMILES string of the molecule is COc1ccc(-c2cc3cccc(Cl)c3o2)c(C=O)c1. The van der Waals surface area contributed by atoms with Crippen molar-refractivity contribution in [3.05, 3.63) is 53.1 Å². The van der Waals surface area contributed by atoms with Crippen molar-refractivity contribution < 1.29 is 13.9 Å². The Morgan fingerprint density at radius 2 is 2.05 bits per heavy atom. The van der Waals surface area contributed by atoms with Gasteiger partial charge in [0.1, 0.15) is 11.5 Å². The van der Waals surface area contributed by atoms with Crippen LogP contribution in [0.5, 0.6) is 5.75 Å². The first-order valence-corrected chi connectivity index (χ1v) is 6.42. The van der Waals surface area contributed by atoms with Gasteiger partial charge in [-0.3, -0.25) is 4.79 Å². The first-order chi connectivity index (χ1) is 9.72. The third kappa shape index (κ3) is 2.06. The van der Waals surface area contributed by atoms with E-state index in [9.17, 15) is 4.79 Å². The van der Waals surface area contributed by atoms with Gasteiger partial charge in [-0.25, -0.2) is 0 Å². The van der Waals surface area contributed by atoms with Crippen LogP contribution in [0.2, 0.25) is 5.02 Å². The highest BCUT2D eigenvalue weighted by molar-refractivity contribution is 6.34. The van der Waals surface area contributed by atoms with Crippen molar-refractivity contribution in [2.24, 2.45) is 0 Å². The van der Waals surface area contributed by atoms with Crippen LogP contribution in [0.3, 0.4) is 0 Å². The molecule has 0 unspecified atom stereocenters. The summed E-state index contributed by atoms with van der Waals surface area (Å²) in [6, 6.07) is 12.7. The quantitative estimate of drug-likeness (QED) is 0.662. The third-order valence-electron chi connectivity index (χ3n) is 3.15. The molecular weight excluding hydrogens is 276 g/mol. The Morgan fingerprint density at radius 1 is 1.20 bits per heavy atom. The predicted molar refractivity (Wildman–Crippen MR) is 78.6 cm³/mol. The van der Waals surface area contributed by atoms with Crippen molar-refractivity contribution in [3.63, 3.8) is 0 Å². The zero-order valence-electron chi connectivity index (χ0n) is 10.7. The Bertz CT molecular complexity index is 790. The highest BCUT2D eigenvalue weighted by Gasteiger charge is 2.12. The molecule has 3 rings (SSSR count). The molecule has 1 heterocycles. The number of ether oxygens (including phenoxy) is 1. The summed E-state index contributed by atoms with van der Waals surface area (Å²) < 4.78 is 10.9. The van der Waals surface area contributed by atoms with E-state index in [0.717, 1.165) is 11.7 Å². The third-order valence-corrected chi connectivity index (χ3v) is 3.44. The van der Waals surface area contributed by atoms with E-state index in [0.29, 0.717) is 33.2 Å². The summed E-state index contributed by atoms with van der Waals surface area (Å²) in [4.78, 5) is 11.2. The largest absolute Gasteiger partial charge is 0.497 e. The highest BCUT2D eigenvalue weighted by Crippen LogP contribution is 2.34. The molecule has 0 aliphatic carbocycles. The number of hydrogen-bond donors (Lipinski definition) is 0. The van der Waals surface area contributed by atoms with Crippen molar-refractivity contribution in [3.8, 4) is 17.1 Å². The molecule has 4 heteroatoms. The number of para-hydroxylation sites is 1. The van der Waals surface area contributed by atoms with Crippen molar-refractivity contribution in [2.45, 2.75) is 0 Å². The topological polar surface area (TPSA) is 39.4 Å². The molecule has 3 nitrogen and oxygen atoms in total. The van der Waals surface area contributed by atoms with Crippen LogP contribution in [0, 0.1) is 0 Å². The maximum Gasteiger partial charge on any atom is 0.153 e. The van der Waals surface area contributed by atoms with Crippen LogP contribution >= 0.6 is 11.6 Å². The Morgan fingerprint density at radius 3 is 2.75 bits per heavy atom. The average Bonchev–Trinajstić information content (AvgIpc) is 2.92. The summed E-state index contributed by atoms with van der Waals surface area (Å²) in [5.74, 6) is 1.24. The number of carbonyl (C=O) groups is 1. The Hall–Kier alpha value is -2.26. The maximum atomic E-state index is 11.2. The zero-order chi connectivity index (χ0) is 14.1. The molecule has 20 heavy (non-hydrogen) atoms. The summed E-state index contributed by atoms with van der Waals surface area (Å²) in [6.07, 6.45) is 0.784. The number of fused-ring (bicyclic) bond motifs is 1.